The maximum absolute atomic E-state index is 12.2. The normalized spacial score (nSPS) is 10.5. The van der Waals surface area contributed by atoms with E-state index in [1.54, 1.807) is 6.92 Å². The molecule has 0 aliphatic carbocycles. The fourth-order valence-corrected chi connectivity index (χ4v) is 2.84. The number of hydrogen-bond acceptors (Lipinski definition) is 4. The van der Waals surface area contributed by atoms with Crippen LogP contribution in [0.3, 0.4) is 0 Å². The second kappa shape index (κ2) is 8.87. The number of carbonyl (C=O) groups is 1. The molecule has 0 aromatic carbocycles. The Morgan fingerprint density at radius 3 is 2.67 bits per heavy atom. The Morgan fingerprint density at radius 1 is 1.33 bits per heavy atom. The number of allylic oxidation sites excluding steroid dienone is 1. The summed E-state index contributed by atoms with van der Waals surface area (Å²) in [6, 6.07) is 0. The molecule has 1 rings (SSSR count). The predicted molar refractivity (Wildman–Crippen MR) is 79.9 cm³/mol. The fourth-order valence-electron chi connectivity index (χ4n) is 1.78. The molecule has 3 nitrogen and oxygen atoms in total. The van der Waals surface area contributed by atoms with Crippen LogP contribution in [0.5, 0.6) is 0 Å². The Hall–Kier alpha value is -1.30. The number of rotatable bonds is 8. The summed E-state index contributed by atoms with van der Waals surface area (Å²) >= 11 is 1.37. The van der Waals surface area contributed by atoms with Gasteiger partial charge in [0.25, 0.3) is 6.08 Å². The molecule has 0 saturated heterocycles. The monoisotopic (exact) mass is 317 g/mol. The molecule has 118 valence electrons. The summed E-state index contributed by atoms with van der Waals surface area (Å²) in [7, 11) is 0. The van der Waals surface area contributed by atoms with Gasteiger partial charge in [-0.2, -0.15) is 8.78 Å². The minimum Gasteiger partial charge on any atom is -0.461 e. The van der Waals surface area contributed by atoms with Gasteiger partial charge in [0.05, 0.1) is 17.3 Å². The topological polar surface area (TPSA) is 39.2 Å². The lowest BCUT2D eigenvalue weighted by atomic mass is 10.1. The fraction of sp³-hybridized carbons (Fsp3) is 0.600. The maximum atomic E-state index is 12.2. The average Bonchev–Trinajstić information content (AvgIpc) is 2.79. The molecule has 0 N–H and O–H groups in total. The summed E-state index contributed by atoms with van der Waals surface area (Å²) in [5, 5.41) is 0.945. The lowest BCUT2D eigenvalue weighted by molar-refractivity contribution is 0.0503. The molecule has 0 aliphatic rings. The molecule has 0 radical (unpaired) electrons. The van der Waals surface area contributed by atoms with Gasteiger partial charge in [0.2, 0.25) is 0 Å². The SMILES string of the molecule is CCCc1nc(C)c(C(=O)OCCCCC(C)=C(F)F)s1. The van der Waals surface area contributed by atoms with Gasteiger partial charge in [-0.3, -0.25) is 0 Å². The van der Waals surface area contributed by atoms with E-state index in [0.29, 0.717) is 29.8 Å². The lowest BCUT2D eigenvalue weighted by Crippen LogP contribution is -2.06. The van der Waals surface area contributed by atoms with E-state index >= 15 is 0 Å². The number of ether oxygens (including phenoxy) is 1. The van der Waals surface area contributed by atoms with Crippen LogP contribution in [0.15, 0.2) is 11.7 Å². The zero-order valence-corrected chi connectivity index (χ0v) is 13.5. The Kier molecular flexibility index (Phi) is 7.50. The molecule has 0 unspecified atom stereocenters. The Balaban J connectivity index is 2.36. The van der Waals surface area contributed by atoms with Crippen molar-refractivity contribution in [3.8, 4) is 0 Å². The smallest absolute Gasteiger partial charge is 0.350 e. The van der Waals surface area contributed by atoms with Crippen LogP contribution in [0.2, 0.25) is 0 Å². The largest absolute Gasteiger partial charge is 0.461 e. The van der Waals surface area contributed by atoms with E-state index in [-0.39, 0.29) is 18.1 Å². The molecule has 21 heavy (non-hydrogen) atoms. The number of carbonyl (C=O) groups excluding carboxylic acids is 1. The standard InChI is InChI=1S/C15H21F2NO2S/c1-4-7-12-18-11(3)13(21-12)15(19)20-9-6-5-8-10(2)14(16)17/h4-9H2,1-3H3. The molecule has 0 saturated carbocycles. The van der Waals surface area contributed by atoms with Crippen LogP contribution in [0.1, 0.15) is 59.9 Å². The third-order valence-corrected chi connectivity index (χ3v) is 4.19. The van der Waals surface area contributed by atoms with Gasteiger partial charge in [0, 0.05) is 0 Å². The van der Waals surface area contributed by atoms with Crippen LogP contribution in [-0.4, -0.2) is 17.6 Å². The molecule has 0 fully saturated rings. The van der Waals surface area contributed by atoms with Crippen LogP contribution >= 0.6 is 11.3 Å². The van der Waals surface area contributed by atoms with E-state index in [0.717, 1.165) is 17.8 Å². The van der Waals surface area contributed by atoms with Gasteiger partial charge in [-0.05, 0) is 51.5 Å². The van der Waals surface area contributed by atoms with E-state index in [2.05, 4.69) is 11.9 Å². The first-order valence-corrected chi connectivity index (χ1v) is 7.91. The van der Waals surface area contributed by atoms with Crippen LogP contribution in [0.25, 0.3) is 0 Å². The number of thiazole rings is 1. The first-order valence-electron chi connectivity index (χ1n) is 7.09. The van der Waals surface area contributed by atoms with Crippen LogP contribution in [-0.2, 0) is 11.2 Å². The zero-order chi connectivity index (χ0) is 15.8. The predicted octanol–water partition coefficient (Wildman–Crippen LogP) is 4.90. The minimum atomic E-state index is -1.62. The van der Waals surface area contributed by atoms with E-state index in [4.69, 9.17) is 4.74 Å². The highest BCUT2D eigenvalue weighted by Gasteiger charge is 2.16. The summed E-state index contributed by atoms with van der Waals surface area (Å²) < 4.78 is 29.5. The Labute approximate surface area is 128 Å². The summed E-state index contributed by atoms with van der Waals surface area (Å²) in [4.78, 5) is 16.8. The number of esters is 1. The van der Waals surface area contributed by atoms with Crippen molar-refractivity contribution < 1.29 is 18.3 Å². The summed E-state index contributed by atoms with van der Waals surface area (Å²) in [6.07, 6.45) is 1.73. The third kappa shape index (κ3) is 5.91. The van der Waals surface area contributed by atoms with Gasteiger partial charge in [0.15, 0.2) is 0 Å². The van der Waals surface area contributed by atoms with Crippen molar-refractivity contribution in [3.63, 3.8) is 0 Å². The second-order valence-electron chi connectivity index (χ2n) is 4.91. The van der Waals surface area contributed by atoms with E-state index in [1.807, 2.05) is 0 Å². The van der Waals surface area contributed by atoms with Crippen molar-refractivity contribution in [3.05, 3.63) is 27.2 Å². The Morgan fingerprint density at radius 2 is 2.05 bits per heavy atom. The van der Waals surface area contributed by atoms with E-state index in [1.165, 1.54) is 18.3 Å². The van der Waals surface area contributed by atoms with Crippen LogP contribution in [0.4, 0.5) is 8.78 Å². The first kappa shape index (κ1) is 17.8. The molecule has 0 aliphatic heterocycles. The Bertz CT molecular complexity index is 508. The van der Waals surface area contributed by atoms with E-state index in [9.17, 15) is 13.6 Å². The summed E-state index contributed by atoms with van der Waals surface area (Å²) in [5.74, 6) is -0.365. The van der Waals surface area contributed by atoms with Crippen LogP contribution in [0, 0.1) is 6.92 Å². The average molecular weight is 317 g/mol. The third-order valence-electron chi connectivity index (χ3n) is 2.99. The van der Waals surface area contributed by atoms with Gasteiger partial charge in [-0.1, -0.05) is 6.92 Å². The van der Waals surface area contributed by atoms with Gasteiger partial charge < -0.3 is 4.74 Å². The molecule has 1 heterocycles. The summed E-state index contributed by atoms with van der Waals surface area (Å²) in [6.45, 7) is 5.52. The van der Waals surface area contributed by atoms with Crippen molar-refractivity contribution in [2.75, 3.05) is 6.61 Å². The number of aromatic nitrogens is 1. The molecule has 0 bridgehead atoms. The molecular weight excluding hydrogens is 296 g/mol. The highest BCUT2D eigenvalue weighted by atomic mass is 32.1. The molecule has 1 aromatic heterocycles. The molecule has 6 heteroatoms. The van der Waals surface area contributed by atoms with Gasteiger partial charge in [-0.15, -0.1) is 11.3 Å². The number of aryl methyl sites for hydroxylation is 2. The quantitative estimate of drug-likeness (QED) is 0.505. The summed E-state index contributed by atoms with van der Waals surface area (Å²) in [5.41, 5.74) is 0.801. The van der Waals surface area contributed by atoms with Crippen molar-refractivity contribution >= 4 is 17.3 Å². The van der Waals surface area contributed by atoms with Gasteiger partial charge in [0.1, 0.15) is 4.88 Å². The molecule has 1 aromatic rings. The van der Waals surface area contributed by atoms with Crippen LogP contribution < -0.4 is 0 Å². The number of nitrogens with zero attached hydrogens (tertiary/aromatic N) is 1. The van der Waals surface area contributed by atoms with Gasteiger partial charge >= 0.3 is 5.97 Å². The number of halogens is 2. The number of hydrogen-bond donors (Lipinski definition) is 0. The second-order valence-corrected chi connectivity index (χ2v) is 5.99. The van der Waals surface area contributed by atoms with Gasteiger partial charge in [-0.25, -0.2) is 9.78 Å². The van der Waals surface area contributed by atoms with Crippen molar-refractivity contribution in [1.29, 1.82) is 0 Å². The zero-order valence-electron chi connectivity index (χ0n) is 12.7. The molecule has 0 atom stereocenters. The number of unbranched alkanes of at least 4 members (excludes halogenated alkanes) is 1. The lowest BCUT2D eigenvalue weighted by Gasteiger charge is -2.04. The highest BCUT2D eigenvalue weighted by Crippen LogP contribution is 2.20. The molecule has 0 amide bonds. The van der Waals surface area contributed by atoms with E-state index < -0.39 is 6.08 Å². The minimum absolute atomic E-state index is 0.101. The van der Waals surface area contributed by atoms with Crippen molar-refractivity contribution in [2.24, 2.45) is 0 Å². The van der Waals surface area contributed by atoms with Crippen molar-refractivity contribution in [2.45, 2.75) is 52.9 Å². The molecular formula is C15H21F2NO2S. The highest BCUT2D eigenvalue weighted by molar-refractivity contribution is 7.13. The van der Waals surface area contributed by atoms with Crippen molar-refractivity contribution in [1.82, 2.24) is 4.98 Å². The maximum Gasteiger partial charge on any atom is 0.350 e. The molecule has 0 spiro atoms. The first-order chi connectivity index (χ1) is 9.95.